The van der Waals surface area contributed by atoms with Crippen LogP contribution in [0, 0.1) is 0 Å². The van der Waals surface area contributed by atoms with Crippen LogP contribution in [0.3, 0.4) is 0 Å². The van der Waals surface area contributed by atoms with E-state index in [0.717, 1.165) is 51.6 Å². The Kier molecular flexibility index (Phi) is 8.02. The Labute approximate surface area is 193 Å². The standard InChI is InChI=1S/C26H38N6/c1-27-26(29-24-13-16-32(21-24)25-7-4-3-5-8-25)28-19-22-9-11-23(12-10-22)20-31-15-6-14-30(2)17-18-31/h3-5,7-12,24H,6,13-21H2,1-2H3,(H2,27,28,29). The van der Waals surface area contributed by atoms with E-state index in [2.05, 4.69) is 92.0 Å². The van der Waals surface area contributed by atoms with Crippen molar-refractivity contribution in [1.82, 2.24) is 20.4 Å². The molecule has 6 nitrogen and oxygen atoms in total. The lowest BCUT2D eigenvalue weighted by atomic mass is 10.1. The molecular formula is C26H38N6. The molecule has 0 radical (unpaired) electrons. The fourth-order valence-corrected chi connectivity index (χ4v) is 4.60. The number of aliphatic imine (C=N–C) groups is 1. The minimum atomic E-state index is 0.413. The first kappa shape index (κ1) is 22.6. The average Bonchev–Trinajstić information content (AvgIpc) is 3.20. The SMILES string of the molecule is CN=C(NCc1ccc(CN2CCCN(C)CC2)cc1)NC1CCN(c2ccccc2)C1. The second-order valence-corrected chi connectivity index (χ2v) is 9.09. The van der Waals surface area contributed by atoms with Gasteiger partial charge >= 0.3 is 0 Å². The van der Waals surface area contributed by atoms with Gasteiger partial charge in [0.15, 0.2) is 5.96 Å². The Hall–Kier alpha value is -2.57. The summed E-state index contributed by atoms with van der Waals surface area (Å²) >= 11 is 0. The molecule has 0 amide bonds. The van der Waals surface area contributed by atoms with Gasteiger partial charge in [0, 0.05) is 58.0 Å². The fraction of sp³-hybridized carbons (Fsp3) is 0.500. The van der Waals surface area contributed by atoms with Crippen molar-refractivity contribution in [2.45, 2.75) is 32.0 Å². The summed E-state index contributed by atoms with van der Waals surface area (Å²) in [5, 5.41) is 7.08. The van der Waals surface area contributed by atoms with Crippen LogP contribution in [-0.4, -0.2) is 75.2 Å². The maximum atomic E-state index is 4.44. The summed E-state index contributed by atoms with van der Waals surface area (Å²) in [6, 6.07) is 20.1. The molecule has 2 aromatic rings. The zero-order chi connectivity index (χ0) is 22.2. The van der Waals surface area contributed by atoms with Crippen LogP contribution in [0.1, 0.15) is 24.0 Å². The Morgan fingerprint density at radius 3 is 2.50 bits per heavy atom. The third-order valence-electron chi connectivity index (χ3n) is 6.58. The smallest absolute Gasteiger partial charge is 0.191 e. The van der Waals surface area contributed by atoms with Crippen molar-refractivity contribution in [3.05, 3.63) is 65.7 Å². The first-order valence-corrected chi connectivity index (χ1v) is 12.0. The van der Waals surface area contributed by atoms with Crippen molar-refractivity contribution < 1.29 is 0 Å². The van der Waals surface area contributed by atoms with Gasteiger partial charge in [-0.15, -0.1) is 0 Å². The molecule has 2 aliphatic rings. The van der Waals surface area contributed by atoms with E-state index in [-0.39, 0.29) is 0 Å². The summed E-state index contributed by atoms with van der Waals surface area (Å²) < 4.78 is 0. The van der Waals surface area contributed by atoms with Crippen LogP contribution in [0.25, 0.3) is 0 Å². The summed E-state index contributed by atoms with van der Waals surface area (Å²) in [6.07, 6.45) is 2.38. The lowest BCUT2D eigenvalue weighted by Gasteiger charge is -2.21. The Balaban J connectivity index is 1.22. The molecule has 0 bridgehead atoms. The minimum Gasteiger partial charge on any atom is -0.369 e. The summed E-state index contributed by atoms with van der Waals surface area (Å²) in [5.74, 6) is 0.877. The van der Waals surface area contributed by atoms with Crippen LogP contribution in [0.2, 0.25) is 0 Å². The van der Waals surface area contributed by atoms with E-state index in [1.54, 1.807) is 0 Å². The van der Waals surface area contributed by atoms with Crippen molar-refractivity contribution in [2.75, 3.05) is 58.3 Å². The number of guanidine groups is 1. The van der Waals surface area contributed by atoms with Crippen molar-refractivity contribution in [3.63, 3.8) is 0 Å². The molecule has 2 aromatic carbocycles. The highest BCUT2D eigenvalue weighted by Gasteiger charge is 2.23. The molecule has 0 saturated carbocycles. The van der Waals surface area contributed by atoms with Gasteiger partial charge in [0.1, 0.15) is 0 Å². The van der Waals surface area contributed by atoms with E-state index in [9.17, 15) is 0 Å². The maximum Gasteiger partial charge on any atom is 0.191 e. The van der Waals surface area contributed by atoms with Crippen molar-refractivity contribution in [3.8, 4) is 0 Å². The summed E-state index contributed by atoms with van der Waals surface area (Å²) in [4.78, 5) is 11.9. The van der Waals surface area contributed by atoms with E-state index >= 15 is 0 Å². The number of hydrogen-bond donors (Lipinski definition) is 2. The first-order valence-electron chi connectivity index (χ1n) is 12.0. The highest BCUT2D eigenvalue weighted by atomic mass is 15.2. The monoisotopic (exact) mass is 434 g/mol. The molecule has 1 atom stereocenters. The molecule has 2 fully saturated rings. The van der Waals surface area contributed by atoms with E-state index in [0.29, 0.717) is 6.04 Å². The lowest BCUT2D eigenvalue weighted by molar-refractivity contribution is 0.269. The van der Waals surface area contributed by atoms with Crippen LogP contribution in [0.5, 0.6) is 0 Å². The molecule has 0 spiro atoms. The van der Waals surface area contributed by atoms with Gasteiger partial charge in [-0.05, 0) is 56.2 Å². The number of nitrogens with zero attached hydrogens (tertiary/aromatic N) is 4. The number of hydrogen-bond acceptors (Lipinski definition) is 4. The zero-order valence-corrected chi connectivity index (χ0v) is 19.6. The largest absolute Gasteiger partial charge is 0.369 e. The first-order chi connectivity index (χ1) is 15.7. The number of para-hydroxylation sites is 1. The molecule has 2 saturated heterocycles. The van der Waals surface area contributed by atoms with E-state index in [1.807, 2.05) is 7.05 Å². The molecule has 2 heterocycles. The topological polar surface area (TPSA) is 46.1 Å². The second kappa shape index (κ2) is 11.3. The maximum absolute atomic E-state index is 4.44. The van der Waals surface area contributed by atoms with Crippen molar-refractivity contribution in [1.29, 1.82) is 0 Å². The highest BCUT2D eigenvalue weighted by Crippen LogP contribution is 2.19. The van der Waals surface area contributed by atoms with Gasteiger partial charge in [-0.2, -0.15) is 0 Å². The quantitative estimate of drug-likeness (QED) is 0.541. The van der Waals surface area contributed by atoms with Gasteiger partial charge < -0.3 is 20.4 Å². The van der Waals surface area contributed by atoms with E-state index in [4.69, 9.17) is 0 Å². The van der Waals surface area contributed by atoms with E-state index < -0.39 is 0 Å². The van der Waals surface area contributed by atoms with Gasteiger partial charge in [-0.25, -0.2) is 0 Å². The van der Waals surface area contributed by atoms with Crippen LogP contribution >= 0.6 is 0 Å². The second-order valence-electron chi connectivity index (χ2n) is 9.09. The van der Waals surface area contributed by atoms with E-state index in [1.165, 1.54) is 36.3 Å². The van der Waals surface area contributed by atoms with Gasteiger partial charge in [0.25, 0.3) is 0 Å². The van der Waals surface area contributed by atoms with Gasteiger partial charge in [0.2, 0.25) is 0 Å². The number of rotatable bonds is 6. The molecule has 6 heteroatoms. The predicted molar refractivity (Wildman–Crippen MR) is 134 cm³/mol. The van der Waals surface area contributed by atoms with Crippen LogP contribution < -0.4 is 15.5 Å². The number of nitrogens with one attached hydrogen (secondary N) is 2. The molecular weight excluding hydrogens is 396 g/mol. The fourth-order valence-electron chi connectivity index (χ4n) is 4.60. The van der Waals surface area contributed by atoms with Crippen molar-refractivity contribution in [2.24, 2.45) is 4.99 Å². The number of likely N-dealkylation sites (N-methyl/N-ethyl adjacent to an activating group) is 1. The van der Waals surface area contributed by atoms with Crippen LogP contribution in [0.4, 0.5) is 5.69 Å². The van der Waals surface area contributed by atoms with Gasteiger partial charge in [-0.3, -0.25) is 9.89 Å². The zero-order valence-electron chi connectivity index (χ0n) is 19.6. The van der Waals surface area contributed by atoms with Gasteiger partial charge in [-0.1, -0.05) is 42.5 Å². The third-order valence-corrected chi connectivity index (χ3v) is 6.58. The van der Waals surface area contributed by atoms with Crippen molar-refractivity contribution >= 4 is 11.6 Å². The Morgan fingerprint density at radius 1 is 0.938 bits per heavy atom. The molecule has 32 heavy (non-hydrogen) atoms. The molecule has 0 aromatic heterocycles. The Bertz CT molecular complexity index is 850. The summed E-state index contributed by atoms with van der Waals surface area (Å²) in [6.45, 7) is 8.64. The lowest BCUT2D eigenvalue weighted by Crippen LogP contribution is -2.44. The average molecular weight is 435 g/mol. The molecule has 0 aliphatic carbocycles. The molecule has 1 unspecified atom stereocenters. The minimum absolute atomic E-state index is 0.413. The van der Waals surface area contributed by atoms with Crippen LogP contribution in [-0.2, 0) is 13.1 Å². The number of benzene rings is 2. The highest BCUT2D eigenvalue weighted by molar-refractivity contribution is 5.80. The molecule has 2 aliphatic heterocycles. The summed E-state index contributed by atoms with van der Waals surface area (Å²) in [5.41, 5.74) is 3.98. The predicted octanol–water partition coefficient (Wildman–Crippen LogP) is 2.77. The molecule has 2 N–H and O–H groups in total. The van der Waals surface area contributed by atoms with Gasteiger partial charge in [0.05, 0.1) is 0 Å². The molecule has 172 valence electrons. The molecule has 4 rings (SSSR count). The summed E-state index contributed by atoms with van der Waals surface area (Å²) in [7, 11) is 4.07. The van der Waals surface area contributed by atoms with Crippen LogP contribution in [0.15, 0.2) is 59.6 Å². The third kappa shape index (κ3) is 6.47. The normalized spacial score (nSPS) is 20.9. The number of anilines is 1. The Morgan fingerprint density at radius 2 is 1.72 bits per heavy atom.